The largest absolute Gasteiger partial charge is 0.427 e. The Bertz CT molecular complexity index is 550. The van der Waals surface area contributed by atoms with E-state index in [4.69, 9.17) is 21.4 Å². The van der Waals surface area contributed by atoms with Crippen LogP contribution in [0.25, 0.3) is 0 Å². The Morgan fingerprint density at radius 1 is 1.47 bits per heavy atom. The monoisotopic (exact) mass is 273 g/mol. The van der Waals surface area contributed by atoms with Crippen molar-refractivity contribution in [2.45, 2.75) is 20.5 Å². The van der Waals surface area contributed by atoms with Gasteiger partial charge in [-0.25, -0.2) is 0 Å². The van der Waals surface area contributed by atoms with E-state index in [1.54, 1.807) is 4.68 Å². The molecule has 0 saturated carbocycles. The summed E-state index contributed by atoms with van der Waals surface area (Å²) in [6, 6.07) is 0. The van der Waals surface area contributed by atoms with Crippen LogP contribution in [-0.4, -0.2) is 19.9 Å². The van der Waals surface area contributed by atoms with Gasteiger partial charge in [-0.2, -0.15) is 10.1 Å². The first-order valence-corrected chi connectivity index (χ1v) is 6.16. The lowest BCUT2D eigenvalue weighted by atomic mass is 10.3. The fraction of sp³-hybridized carbons (Fsp3) is 0.400. The molecule has 1 N–H and O–H groups in total. The highest BCUT2D eigenvalue weighted by atomic mass is 35.5. The molecule has 0 bridgehead atoms. The van der Waals surface area contributed by atoms with Crippen LogP contribution in [0.5, 0.6) is 10.9 Å². The van der Waals surface area contributed by atoms with E-state index < -0.39 is 0 Å². The average molecular weight is 274 g/mol. The number of aryl methyl sites for hydroxylation is 2. The average Bonchev–Trinajstić information content (AvgIpc) is 2.74. The number of thiazole rings is 1. The first kappa shape index (κ1) is 12.3. The number of aliphatic hydroxyl groups is 1. The Labute approximate surface area is 108 Å². The van der Waals surface area contributed by atoms with Crippen molar-refractivity contribution < 1.29 is 9.84 Å². The number of halogens is 1. The van der Waals surface area contributed by atoms with E-state index in [0.29, 0.717) is 15.8 Å². The predicted molar refractivity (Wildman–Crippen MR) is 65.8 cm³/mol. The molecule has 0 amide bonds. The molecule has 0 atom stereocenters. The summed E-state index contributed by atoms with van der Waals surface area (Å²) in [4.78, 5) is 4.63. The van der Waals surface area contributed by atoms with Crippen molar-refractivity contribution >= 4 is 22.9 Å². The number of nitrogens with zero attached hydrogens (tertiary/aromatic N) is 3. The summed E-state index contributed by atoms with van der Waals surface area (Å²) < 4.78 is 7.40. The van der Waals surface area contributed by atoms with Gasteiger partial charge in [-0.15, -0.1) is 0 Å². The van der Waals surface area contributed by atoms with Gasteiger partial charge in [0.2, 0.25) is 0 Å². The van der Waals surface area contributed by atoms with Crippen LogP contribution in [0.1, 0.15) is 16.3 Å². The molecule has 2 aromatic rings. The number of hydrogen-bond acceptors (Lipinski definition) is 5. The SMILES string of the molecule is Cc1nn(C)c(C)c1Oc1nc(Cl)c(CO)s1. The van der Waals surface area contributed by atoms with E-state index in [1.165, 1.54) is 11.3 Å². The molecule has 0 unspecified atom stereocenters. The molecule has 0 aromatic carbocycles. The van der Waals surface area contributed by atoms with Crippen LogP contribution in [0.2, 0.25) is 5.15 Å². The molecule has 0 aliphatic heterocycles. The van der Waals surface area contributed by atoms with Crippen molar-refractivity contribution in [2.24, 2.45) is 7.05 Å². The van der Waals surface area contributed by atoms with Crippen LogP contribution in [0.4, 0.5) is 0 Å². The van der Waals surface area contributed by atoms with Crippen molar-refractivity contribution in [2.75, 3.05) is 0 Å². The zero-order valence-electron chi connectivity index (χ0n) is 9.69. The molecular weight excluding hydrogens is 262 g/mol. The quantitative estimate of drug-likeness (QED) is 0.933. The molecule has 2 rings (SSSR count). The van der Waals surface area contributed by atoms with Gasteiger partial charge in [0, 0.05) is 7.05 Å². The van der Waals surface area contributed by atoms with E-state index >= 15 is 0 Å². The highest BCUT2D eigenvalue weighted by molar-refractivity contribution is 7.13. The van der Waals surface area contributed by atoms with E-state index in [2.05, 4.69) is 10.1 Å². The Hall–Kier alpha value is -1.11. The molecule has 0 saturated heterocycles. The van der Waals surface area contributed by atoms with Gasteiger partial charge in [0.1, 0.15) is 10.8 Å². The lowest BCUT2D eigenvalue weighted by molar-refractivity contribution is 0.285. The number of aliphatic hydroxyl groups excluding tert-OH is 1. The maximum absolute atomic E-state index is 9.03. The molecule has 17 heavy (non-hydrogen) atoms. The van der Waals surface area contributed by atoms with Crippen LogP contribution in [0.15, 0.2) is 0 Å². The summed E-state index contributed by atoms with van der Waals surface area (Å²) in [7, 11) is 1.85. The maximum Gasteiger partial charge on any atom is 0.280 e. The van der Waals surface area contributed by atoms with Crippen molar-refractivity contribution in [3.8, 4) is 10.9 Å². The number of rotatable bonds is 3. The normalized spacial score (nSPS) is 10.9. The summed E-state index contributed by atoms with van der Waals surface area (Å²) in [5.41, 5.74) is 1.71. The van der Waals surface area contributed by atoms with Crippen LogP contribution >= 0.6 is 22.9 Å². The maximum atomic E-state index is 9.03. The summed E-state index contributed by atoms with van der Waals surface area (Å²) in [6.07, 6.45) is 0. The fourth-order valence-electron chi connectivity index (χ4n) is 1.44. The standard InChI is InChI=1S/C10H12ClN3O2S/c1-5-8(6(2)14(3)13-5)16-10-12-9(11)7(4-15)17-10/h15H,4H2,1-3H3. The third-order valence-electron chi connectivity index (χ3n) is 2.41. The minimum atomic E-state index is -0.134. The van der Waals surface area contributed by atoms with Gasteiger partial charge in [0.15, 0.2) is 5.75 Å². The second-order valence-electron chi connectivity index (χ2n) is 3.58. The molecular formula is C10H12ClN3O2S. The van der Waals surface area contributed by atoms with Crippen LogP contribution in [0, 0.1) is 13.8 Å². The van der Waals surface area contributed by atoms with Crippen molar-refractivity contribution in [1.82, 2.24) is 14.8 Å². The lowest BCUT2D eigenvalue weighted by Crippen LogP contribution is -1.92. The van der Waals surface area contributed by atoms with Gasteiger partial charge in [0.25, 0.3) is 5.19 Å². The van der Waals surface area contributed by atoms with Crippen molar-refractivity contribution in [3.05, 3.63) is 21.4 Å². The molecule has 92 valence electrons. The van der Waals surface area contributed by atoms with Crippen LogP contribution in [0.3, 0.4) is 0 Å². The molecule has 2 heterocycles. The van der Waals surface area contributed by atoms with Crippen LogP contribution < -0.4 is 4.74 Å². The smallest absolute Gasteiger partial charge is 0.280 e. The van der Waals surface area contributed by atoms with Gasteiger partial charge in [-0.3, -0.25) is 4.68 Å². The lowest BCUT2D eigenvalue weighted by Gasteiger charge is -2.00. The van der Waals surface area contributed by atoms with Gasteiger partial charge >= 0.3 is 0 Å². The number of aromatic nitrogens is 3. The highest BCUT2D eigenvalue weighted by Crippen LogP contribution is 2.34. The zero-order chi connectivity index (χ0) is 12.6. The summed E-state index contributed by atoms with van der Waals surface area (Å²) in [6.45, 7) is 3.65. The van der Waals surface area contributed by atoms with Gasteiger partial charge < -0.3 is 9.84 Å². The van der Waals surface area contributed by atoms with E-state index in [1.807, 2.05) is 20.9 Å². The molecule has 0 radical (unpaired) electrons. The van der Waals surface area contributed by atoms with Gasteiger partial charge in [0.05, 0.1) is 17.2 Å². The molecule has 2 aromatic heterocycles. The Morgan fingerprint density at radius 2 is 2.18 bits per heavy atom. The van der Waals surface area contributed by atoms with E-state index in [-0.39, 0.29) is 11.8 Å². The summed E-state index contributed by atoms with van der Waals surface area (Å²) in [5.74, 6) is 0.683. The third-order valence-corrected chi connectivity index (χ3v) is 3.75. The predicted octanol–water partition coefficient (Wildman–Crippen LogP) is 2.43. The second-order valence-corrected chi connectivity index (χ2v) is 4.98. The second kappa shape index (κ2) is 4.64. The first-order chi connectivity index (χ1) is 8.02. The van der Waals surface area contributed by atoms with Gasteiger partial charge in [-0.05, 0) is 13.8 Å². The Balaban J connectivity index is 2.31. The topological polar surface area (TPSA) is 60.2 Å². The van der Waals surface area contributed by atoms with Crippen molar-refractivity contribution in [1.29, 1.82) is 0 Å². The minimum Gasteiger partial charge on any atom is -0.427 e. The number of ether oxygens (including phenoxy) is 1. The summed E-state index contributed by atoms with van der Waals surface area (Å²) in [5, 5.41) is 14.0. The third kappa shape index (κ3) is 2.29. The Morgan fingerprint density at radius 3 is 2.65 bits per heavy atom. The van der Waals surface area contributed by atoms with E-state index in [9.17, 15) is 0 Å². The minimum absolute atomic E-state index is 0.134. The summed E-state index contributed by atoms with van der Waals surface area (Å²) >= 11 is 7.06. The van der Waals surface area contributed by atoms with E-state index in [0.717, 1.165) is 11.4 Å². The fourth-order valence-corrected chi connectivity index (χ4v) is 2.41. The number of hydrogen-bond donors (Lipinski definition) is 1. The molecule has 0 aliphatic rings. The molecule has 0 fully saturated rings. The highest BCUT2D eigenvalue weighted by Gasteiger charge is 2.15. The molecule has 0 aliphatic carbocycles. The first-order valence-electron chi connectivity index (χ1n) is 4.97. The van der Waals surface area contributed by atoms with Gasteiger partial charge in [-0.1, -0.05) is 22.9 Å². The Kier molecular flexibility index (Phi) is 3.37. The zero-order valence-corrected chi connectivity index (χ0v) is 11.3. The molecule has 0 spiro atoms. The van der Waals surface area contributed by atoms with Crippen LogP contribution in [-0.2, 0) is 13.7 Å². The molecule has 5 nitrogen and oxygen atoms in total. The van der Waals surface area contributed by atoms with Crippen molar-refractivity contribution in [3.63, 3.8) is 0 Å². The molecule has 7 heteroatoms.